The predicted molar refractivity (Wildman–Crippen MR) is 66.5 cm³/mol. The van der Waals surface area contributed by atoms with Crippen LogP contribution >= 0.6 is 0 Å². The second-order valence-electron chi connectivity index (χ2n) is 5.41. The van der Waals surface area contributed by atoms with Crippen molar-refractivity contribution in [2.45, 2.75) is 52.4 Å². The molecule has 0 aromatic heterocycles. The van der Waals surface area contributed by atoms with Crippen molar-refractivity contribution in [3.8, 4) is 5.75 Å². The highest BCUT2D eigenvalue weighted by atomic mass is 16.5. The molecule has 1 aliphatic heterocycles. The summed E-state index contributed by atoms with van der Waals surface area (Å²) in [6.07, 6.45) is 5.00. The van der Waals surface area contributed by atoms with Gasteiger partial charge < -0.3 is 4.74 Å². The van der Waals surface area contributed by atoms with Crippen molar-refractivity contribution in [3.05, 3.63) is 27.8 Å². The molecule has 3 rings (SSSR count). The maximum Gasteiger partial charge on any atom is 0.126 e. The van der Waals surface area contributed by atoms with E-state index >= 15 is 0 Å². The smallest absolute Gasteiger partial charge is 0.126 e. The third-order valence-corrected chi connectivity index (χ3v) is 4.14. The second kappa shape index (κ2) is 3.51. The van der Waals surface area contributed by atoms with E-state index in [4.69, 9.17) is 4.74 Å². The Hall–Kier alpha value is -0.980. The van der Waals surface area contributed by atoms with Crippen LogP contribution in [0.25, 0.3) is 0 Å². The lowest BCUT2D eigenvalue weighted by molar-refractivity contribution is 0.351. The van der Waals surface area contributed by atoms with E-state index in [1.165, 1.54) is 41.7 Å². The Kier molecular flexibility index (Phi) is 2.24. The summed E-state index contributed by atoms with van der Waals surface area (Å²) in [5.41, 5.74) is 7.82. The zero-order valence-electron chi connectivity index (χ0n) is 10.5. The quantitative estimate of drug-likeness (QED) is 0.697. The zero-order chi connectivity index (χ0) is 11.3. The van der Waals surface area contributed by atoms with Gasteiger partial charge in [-0.3, -0.25) is 0 Å². The van der Waals surface area contributed by atoms with E-state index in [2.05, 4.69) is 20.8 Å². The van der Waals surface area contributed by atoms with E-state index in [1.54, 1.807) is 11.1 Å². The second-order valence-corrected chi connectivity index (χ2v) is 5.41. The Labute approximate surface area is 97.8 Å². The van der Waals surface area contributed by atoms with Crippen LogP contribution in [0.1, 0.15) is 54.0 Å². The Morgan fingerprint density at radius 2 is 1.75 bits per heavy atom. The van der Waals surface area contributed by atoms with Gasteiger partial charge in [-0.1, -0.05) is 13.8 Å². The summed E-state index contributed by atoms with van der Waals surface area (Å²) < 4.78 is 5.90. The minimum Gasteiger partial charge on any atom is -0.493 e. The Morgan fingerprint density at radius 3 is 2.50 bits per heavy atom. The zero-order valence-corrected chi connectivity index (χ0v) is 10.5. The number of ether oxygens (including phenoxy) is 1. The van der Waals surface area contributed by atoms with E-state index in [0.717, 1.165) is 13.0 Å². The van der Waals surface area contributed by atoms with Crippen LogP contribution in [0.2, 0.25) is 0 Å². The first-order chi connectivity index (χ1) is 7.70. The third-order valence-electron chi connectivity index (χ3n) is 4.14. The topological polar surface area (TPSA) is 9.23 Å². The minimum atomic E-state index is 0.597. The molecule has 0 bridgehead atoms. The average molecular weight is 216 g/mol. The fourth-order valence-electron chi connectivity index (χ4n) is 3.44. The third kappa shape index (κ3) is 1.24. The van der Waals surface area contributed by atoms with Crippen LogP contribution < -0.4 is 4.74 Å². The number of hydrogen-bond donors (Lipinski definition) is 0. The molecule has 0 saturated carbocycles. The van der Waals surface area contributed by atoms with Crippen LogP contribution in [0.5, 0.6) is 5.75 Å². The van der Waals surface area contributed by atoms with Crippen molar-refractivity contribution in [2.75, 3.05) is 6.61 Å². The van der Waals surface area contributed by atoms with Gasteiger partial charge in [-0.15, -0.1) is 0 Å². The summed E-state index contributed by atoms with van der Waals surface area (Å²) in [5.74, 6) is 1.84. The number of hydrogen-bond acceptors (Lipinski definition) is 1. The fourth-order valence-corrected chi connectivity index (χ4v) is 3.44. The lowest BCUT2D eigenvalue weighted by Gasteiger charge is -2.19. The number of fused-ring (bicyclic) bond motifs is 2. The van der Waals surface area contributed by atoms with Crippen molar-refractivity contribution in [1.82, 2.24) is 0 Å². The Bertz CT molecular complexity index is 408. The highest BCUT2D eigenvalue weighted by molar-refractivity contribution is 5.59. The normalized spacial score (nSPS) is 17.5. The molecule has 1 nitrogen and oxygen atoms in total. The highest BCUT2D eigenvalue weighted by Gasteiger charge is 2.28. The van der Waals surface area contributed by atoms with Gasteiger partial charge in [0.15, 0.2) is 0 Å². The summed E-state index contributed by atoms with van der Waals surface area (Å²) in [5, 5.41) is 0. The number of rotatable bonds is 1. The van der Waals surface area contributed by atoms with Gasteiger partial charge in [0, 0.05) is 17.5 Å². The molecule has 0 saturated heterocycles. The standard InChI is InChI=1S/C15H20O/c1-9(2)14-13-6-4-5-11(13)10(3)12-7-8-16-15(12)14/h9H,4-8H2,1-3H3. The minimum absolute atomic E-state index is 0.597. The molecule has 0 N–H and O–H groups in total. The summed E-state index contributed by atoms with van der Waals surface area (Å²) in [6.45, 7) is 7.77. The first-order valence-electron chi connectivity index (χ1n) is 6.50. The van der Waals surface area contributed by atoms with Gasteiger partial charge >= 0.3 is 0 Å². The van der Waals surface area contributed by atoms with E-state index in [-0.39, 0.29) is 0 Å². The molecule has 0 fully saturated rings. The molecule has 0 spiro atoms. The molecule has 0 radical (unpaired) electrons. The van der Waals surface area contributed by atoms with Crippen LogP contribution in [0, 0.1) is 6.92 Å². The highest BCUT2D eigenvalue weighted by Crippen LogP contribution is 2.44. The van der Waals surface area contributed by atoms with Crippen molar-refractivity contribution in [1.29, 1.82) is 0 Å². The van der Waals surface area contributed by atoms with Gasteiger partial charge in [0.05, 0.1) is 6.61 Å². The summed E-state index contributed by atoms with van der Waals surface area (Å²) in [4.78, 5) is 0. The van der Waals surface area contributed by atoms with Crippen molar-refractivity contribution in [2.24, 2.45) is 0 Å². The van der Waals surface area contributed by atoms with E-state index in [1.807, 2.05) is 0 Å². The Morgan fingerprint density at radius 1 is 1.00 bits per heavy atom. The first kappa shape index (κ1) is 10.2. The van der Waals surface area contributed by atoms with Crippen LogP contribution in [0.4, 0.5) is 0 Å². The van der Waals surface area contributed by atoms with Crippen molar-refractivity contribution >= 4 is 0 Å². The fraction of sp³-hybridized carbons (Fsp3) is 0.600. The Balaban J connectivity index is 2.31. The molecule has 1 aromatic carbocycles. The molecule has 16 heavy (non-hydrogen) atoms. The van der Waals surface area contributed by atoms with Crippen LogP contribution in [0.15, 0.2) is 0 Å². The van der Waals surface area contributed by atoms with Gasteiger partial charge in [-0.05, 0) is 48.8 Å². The lowest BCUT2D eigenvalue weighted by Crippen LogP contribution is -2.02. The van der Waals surface area contributed by atoms with Gasteiger partial charge in [0.2, 0.25) is 0 Å². The SMILES string of the molecule is Cc1c2c(c(C(C)C)c3c1CCO3)CCC2. The average Bonchev–Trinajstić information content (AvgIpc) is 2.84. The summed E-state index contributed by atoms with van der Waals surface area (Å²) in [7, 11) is 0. The summed E-state index contributed by atoms with van der Waals surface area (Å²) in [6, 6.07) is 0. The van der Waals surface area contributed by atoms with Crippen LogP contribution in [-0.2, 0) is 19.3 Å². The molecule has 1 aliphatic carbocycles. The molecule has 2 aliphatic rings. The molecular weight excluding hydrogens is 196 g/mol. The molecule has 1 heteroatoms. The monoisotopic (exact) mass is 216 g/mol. The largest absolute Gasteiger partial charge is 0.493 e. The molecular formula is C15H20O. The van der Waals surface area contributed by atoms with Gasteiger partial charge in [-0.2, -0.15) is 0 Å². The van der Waals surface area contributed by atoms with Crippen molar-refractivity contribution in [3.63, 3.8) is 0 Å². The maximum atomic E-state index is 5.90. The number of benzene rings is 1. The first-order valence-corrected chi connectivity index (χ1v) is 6.50. The molecule has 86 valence electrons. The molecule has 1 heterocycles. The molecule has 1 aromatic rings. The predicted octanol–water partition coefficient (Wildman–Crippen LogP) is 3.54. The van der Waals surface area contributed by atoms with Crippen LogP contribution in [0.3, 0.4) is 0 Å². The molecule has 0 unspecified atom stereocenters. The van der Waals surface area contributed by atoms with Gasteiger partial charge in [0.25, 0.3) is 0 Å². The van der Waals surface area contributed by atoms with E-state index < -0.39 is 0 Å². The molecule has 0 amide bonds. The van der Waals surface area contributed by atoms with E-state index in [9.17, 15) is 0 Å². The molecule has 0 atom stereocenters. The van der Waals surface area contributed by atoms with Gasteiger partial charge in [-0.25, -0.2) is 0 Å². The summed E-state index contributed by atoms with van der Waals surface area (Å²) >= 11 is 0. The maximum absolute atomic E-state index is 5.90. The lowest BCUT2D eigenvalue weighted by atomic mass is 9.87. The van der Waals surface area contributed by atoms with Crippen LogP contribution in [-0.4, -0.2) is 6.61 Å². The van der Waals surface area contributed by atoms with E-state index in [0.29, 0.717) is 5.92 Å². The van der Waals surface area contributed by atoms with Crippen molar-refractivity contribution < 1.29 is 4.74 Å². The van der Waals surface area contributed by atoms with Gasteiger partial charge in [0.1, 0.15) is 5.75 Å².